The molecule has 1 atom stereocenters. The minimum atomic E-state index is 0. The zero-order chi connectivity index (χ0) is 16.5. The molecule has 4 nitrogen and oxygen atoms in total. The Kier molecular flexibility index (Phi) is 11.1. The third kappa shape index (κ3) is 8.27. The smallest absolute Gasteiger partial charge is 0.191 e. The van der Waals surface area contributed by atoms with Crippen molar-refractivity contribution in [2.45, 2.75) is 17.7 Å². The zero-order valence-corrected chi connectivity index (χ0v) is 18.3. The number of thioether (sulfide) groups is 1. The molecule has 136 valence electrons. The number of piperidine rings is 1. The molecule has 1 aromatic rings. The molecule has 24 heavy (non-hydrogen) atoms. The van der Waals surface area contributed by atoms with E-state index >= 15 is 0 Å². The van der Waals surface area contributed by atoms with E-state index in [0.717, 1.165) is 35.7 Å². The van der Waals surface area contributed by atoms with Gasteiger partial charge in [0, 0.05) is 42.4 Å². The summed E-state index contributed by atoms with van der Waals surface area (Å²) in [7, 11) is 4.03. The highest BCUT2D eigenvalue weighted by molar-refractivity contribution is 14.0. The predicted octanol–water partition coefficient (Wildman–Crippen LogP) is 3.56. The lowest BCUT2D eigenvalue weighted by Crippen LogP contribution is -2.44. The Labute approximate surface area is 172 Å². The Morgan fingerprint density at radius 1 is 1.33 bits per heavy atom. The molecule has 1 fully saturated rings. The Morgan fingerprint density at radius 3 is 2.75 bits per heavy atom. The Morgan fingerprint density at radius 2 is 2.08 bits per heavy atom. The topological polar surface area (TPSA) is 39.7 Å². The van der Waals surface area contributed by atoms with Gasteiger partial charge in [-0.25, -0.2) is 0 Å². The highest BCUT2D eigenvalue weighted by Gasteiger charge is 2.17. The molecule has 1 unspecified atom stereocenters. The largest absolute Gasteiger partial charge is 0.356 e. The Bertz CT molecular complexity index is 498. The van der Waals surface area contributed by atoms with Gasteiger partial charge in [-0.3, -0.25) is 4.99 Å². The molecule has 7 heteroatoms. The van der Waals surface area contributed by atoms with Crippen LogP contribution in [0.25, 0.3) is 0 Å². The van der Waals surface area contributed by atoms with E-state index in [0.29, 0.717) is 0 Å². The first kappa shape index (κ1) is 21.9. The fourth-order valence-electron chi connectivity index (χ4n) is 2.77. The number of benzene rings is 1. The monoisotopic (exact) mass is 482 g/mol. The second-order valence-corrected chi connectivity index (χ2v) is 7.56. The summed E-state index contributed by atoms with van der Waals surface area (Å²) in [5, 5.41) is 7.61. The number of aliphatic imine (C=N–C) groups is 1. The number of halogens is 2. The summed E-state index contributed by atoms with van der Waals surface area (Å²) in [5.74, 6) is 2.61. The molecular formula is C17H28ClIN4S. The molecule has 1 heterocycles. The molecule has 1 aromatic carbocycles. The molecular weight excluding hydrogens is 455 g/mol. The maximum atomic E-state index is 5.89. The van der Waals surface area contributed by atoms with Crippen LogP contribution in [0, 0.1) is 5.92 Å². The maximum Gasteiger partial charge on any atom is 0.191 e. The van der Waals surface area contributed by atoms with Crippen LogP contribution in [0.2, 0.25) is 5.02 Å². The average Bonchev–Trinajstić information content (AvgIpc) is 2.56. The van der Waals surface area contributed by atoms with E-state index in [1.54, 1.807) is 0 Å². The van der Waals surface area contributed by atoms with Crippen LogP contribution in [-0.4, -0.2) is 56.9 Å². The third-order valence-electron chi connectivity index (χ3n) is 3.98. The number of nitrogens with one attached hydrogen (secondary N) is 2. The van der Waals surface area contributed by atoms with Gasteiger partial charge in [0.2, 0.25) is 0 Å². The number of guanidine groups is 1. The van der Waals surface area contributed by atoms with E-state index in [1.165, 1.54) is 30.8 Å². The zero-order valence-electron chi connectivity index (χ0n) is 14.4. The molecule has 2 rings (SSSR count). The number of hydrogen-bond acceptors (Lipinski definition) is 3. The summed E-state index contributed by atoms with van der Waals surface area (Å²) in [6.07, 6.45) is 2.60. The molecule has 0 spiro atoms. The molecule has 2 N–H and O–H groups in total. The van der Waals surface area contributed by atoms with Crippen molar-refractivity contribution in [2.24, 2.45) is 10.9 Å². The number of nitrogens with zero attached hydrogens (tertiary/aromatic N) is 2. The van der Waals surface area contributed by atoms with Gasteiger partial charge in [-0.1, -0.05) is 11.6 Å². The highest BCUT2D eigenvalue weighted by atomic mass is 127. The van der Waals surface area contributed by atoms with Crippen molar-refractivity contribution >= 4 is 53.3 Å². The fourth-order valence-corrected chi connectivity index (χ4v) is 3.66. The van der Waals surface area contributed by atoms with Gasteiger partial charge in [-0.15, -0.1) is 35.7 Å². The van der Waals surface area contributed by atoms with Crippen molar-refractivity contribution in [3.8, 4) is 0 Å². The second kappa shape index (κ2) is 12.2. The van der Waals surface area contributed by atoms with Gasteiger partial charge in [0.05, 0.1) is 0 Å². The third-order valence-corrected chi connectivity index (χ3v) is 5.25. The van der Waals surface area contributed by atoms with Crippen molar-refractivity contribution in [2.75, 3.05) is 46.0 Å². The van der Waals surface area contributed by atoms with Gasteiger partial charge < -0.3 is 15.5 Å². The van der Waals surface area contributed by atoms with Crippen molar-refractivity contribution in [1.29, 1.82) is 0 Å². The van der Waals surface area contributed by atoms with Gasteiger partial charge in [0.25, 0.3) is 0 Å². The first-order chi connectivity index (χ1) is 11.2. The highest BCUT2D eigenvalue weighted by Crippen LogP contribution is 2.19. The maximum absolute atomic E-state index is 5.89. The molecule has 0 saturated carbocycles. The Hall–Kier alpha value is -0.180. The normalized spacial score (nSPS) is 18.8. The quantitative estimate of drug-likeness (QED) is 0.214. The van der Waals surface area contributed by atoms with E-state index in [-0.39, 0.29) is 24.0 Å². The van der Waals surface area contributed by atoms with E-state index in [1.807, 2.05) is 30.9 Å². The minimum absolute atomic E-state index is 0. The van der Waals surface area contributed by atoms with Crippen LogP contribution in [-0.2, 0) is 0 Å². The number of rotatable bonds is 6. The van der Waals surface area contributed by atoms with Crippen LogP contribution in [0.1, 0.15) is 12.8 Å². The molecule has 1 aliphatic rings. The van der Waals surface area contributed by atoms with Crippen LogP contribution in [0.5, 0.6) is 0 Å². The van der Waals surface area contributed by atoms with Crippen molar-refractivity contribution < 1.29 is 0 Å². The summed E-state index contributed by atoms with van der Waals surface area (Å²) in [4.78, 5) is 7.95. The van der Waals surface area contributed by atoms with E-state index in [2.05, 4.69) is 39.7 Å². The van der Waals surface area contributed by atoms with Crippen LogP contribution in [0.4, 0.5) is 0 Å². The van der Waals surface area contributed by atoms with Gasteiger partial charge >= 0.3 is 0 Å². The summed E-state index contributed by atoms with van der Waals surface area (Å²) < 4.78 is 0. The van der Waals surface area contributed by atoms with Gasteiger partial charge in [-0.05, 0) is 56.6 Å². The first-order valence-electron chi connectivity index (χ1n) is 8.19. The molecule has 1 saturated heterocycles. The lowest BCUT2D eigenvalue weighted by atomic mass is 9.99. The summed E-state index contributed by atoms with van der Waals surface area (Å²) in [6, 6.07) is 7.97. The van der Waals surface area contributed by atoms with Crippen LogP contribution >= 0.6 is 47.3 Å². The first-order valence-corrected chi connectivity index (χ1v) is 9.55. The SMILES string of the molecule is CN=C(NCCSc1ccc(Cl)cc1)NCC1CCCN(C)C1.I. The van der Waals surface area contributed by atoms with Crippen molar-refractivity contribution in [3.63, 3.8) is 0 Å². The van der Waals surface area contributed by atoms with Crippen LogP contribution in [0.3, 0.4) is 0 Å². The minimum Gasteiger partial charge on any atom is -0.356 e. The molecule has 0 aliphatic carbocycles. The van der Waals surface area contributed by atoms with Gasteiger partial charge in [0.15, 0.2) is 5.96 Å². The number of likely N-dealkylation sites (tertiary alicyclic amines) is 1. The van der Waals surface area contributed by atoms with E-state index < -0.39 is 0 Å². The summed E-state index contributed by atoms with van der Waals surface area (Å²) in [6.45, 7) is 4.29. The predicted molar refractivity (Wildman–Crippen MR) is 117 cm³/mol. The average molecular weight is 483 g/mol. The van der Waals surface area contributed by atoms with Crippen LogP contribution in [0.15, 0.2) is 34.2 Å². The fraction of sp³-hybridized carbons (Fsp3) is 0.588. The molecule has 0 bridgehead atoms. The van der Waals surface area contributed by atoms with Gasteiger partial charge in [-0.2, -0.15) is 0 Å². The lowest BCUT2D eigenvalue weighted by molar-refractivity contribution is 0.210. The molecule has 1 aliphatic heterocycles. The molecule has 0 aromatic heterocycles. The second-order valence-electron chi connectivity index (χ2n) is 5.95. The van der Waals surface area contributed by atoms with E-state index in [4.69, 9.17) is 11.6 Å². The molecule has 0 amide bonds. The lowest BCUT2D eigenvalue weighted by Gasteiger charge is -2.30. The Balaban J connectivity index is 0.00000288. The molecule has 0 radical (unpaired) electrons. The standard InChI is InChI=1S/C17H27ClN4S.HI/c1-19-17(21-12-14-4-3-10-22(2)13-14)20-9-11-23-16-7-5-15(18)6-8-16;/h5-8,14H,3-4,9-13H2,1-2H3,(H2,19,20,21);1H. The van der Waals surface area contributed by atoms with Crippen molar-refractivity contribution in [3.05, 3.63) is 29.3 Å². The van der Waals surface area contributed by atoms with Gasteiger partial charge in [0.1, 0.15) is 0 Å². The number of hydrogen-bond donors (Lipinski definition) is 2. The summed E-state index contributed by atoms with van der Waals surface area (Å²) >= 11 is 7.71. The van der Waals surface area contributed by atoms with E-state index in [9.17, 15) is 0 Å². The summed E-state index contributed by atoms with van der Waals surface area (Å²) in [5.41, 5.74) is 0. The van der Waals surface area contributed by atoms with Crippen LogP contribution < -0.4 is 10.6 Å². The van der Waals surface area contributed by atoms with Crippen molar-refractivity contribution in [1.82, 2.24) is 15.5 Å².